The molecule has 20 heavy (non-hydrogen) atoms. The smallest absolute Gasteiger partial charge is 0.139 e. The van der Waals surface area contributed by atoms with Crippen molar-refractivity contribution in [3.63, 3.8) is 0 Å². The lowest BCUT2D eigenvalue weighted by Crippen LogP contribution is -2.18. The van der Waals surface area contributed by atoms with Crippen LogP contribution in [-0.4, -0.2) is 23.4 Å². The summed E-state index contributed by atoms with van der Waals surface area (Å²) in [5, 5.41) is 13.1. The van der Waals surface area contributed by atoms with Crippen LogP contribution in [0, 0.1) is 11.3 Å². The Morgan fingerprint density at radius 1 is 1.40 bits per heavy atom. The molecule has 104 valence electrons. The van der Waals surface area contributed by atoms with E-state index in [1.807, 2.05) is 13.2 Å². The van der Waals surface area contributed by atoms with Crippen LogP contribution in [0.1, 0.15) is 17.2 Å². The average Bonchev–Trinajstić information content (AvgIpc) is 2.90. The molecule has 2 rings (SSSR count). The van der Waals surface area contributed by atoms with Crippen LogP contribution in [-0.2, 0) is 7.05 Å². The molecule has 1 heterocycles. The summed E-state index contributed by atoms with van der Waals surface area (Å²) < 4.78 is 12.7. The third-order valence-corrected chi connectivity index (χ3v) is 2.83. The van der Waals surface area contributed by atoms with Crippen molar-refractivity contribution in [3.8, 4) is 17.6 Å². The van der Waals surface area contributed by atoms with Crippen molar-refractivity contribution in [2.45, 2.75) is 6.10 Å². The Morgan fingerprint density at radius 2 is 2.15 bits per heavy atom. The van der Waals surface area contributed by atoms with Gasteiger partial charge >= 0.3 is 0 Å². The summed E-state index contributed by atoms with van der Waals surface area (Å²) in [6.45, 7) is 0.310. The maximum atomic E-state index is 8.99. The normalized spacial score (nSPS) is 11.7. The highest BCUT2D eigenvalue weighted by Crippen LogP contribution is 2.26. The number of aromatic nitrogens is 2. The van der Waals surface area contributed by atoms with Crippen molar-refractivity contribution < 1.29 is 9.47 Å². The number of hydrogen-bond acceptors (Lipinski definition) is 5. The van der Waals surface area contributed by atoms with Gasteiger partial charge in [-0.25, -0.2) is 0 Å². The van der Waals surface area contributed by atoms with Crippen molar-refractivity contribution >= 4 is 0 Å². The van der Waals surface area contributed by atoms with E-state index in [1.165, 1.54) is 0 Å². The molecule has 0 aliphatic carbocycles. The minimum atomic E-state index is -0.317. The van der Waals surface area contributed by atoms with Gasteiger partial charge in [-0.3, -0.25) is 4.68 Å². The molecule has 0 aliphatic rings. The van der Waals surface area contributed by atoms with E-state index in [0.717, 1.165) is 5.56 Å². The van der Waals surface area contributed by atoms with Crippen LogP contribution >= 0.6 is 0 Å². The molecule has 0 radical (unpaired) electrons. The third kappa shape index (κ3) is 3.08. The third-order valence-electron chi connectivity index (χ3n) is 2.83. The highest BCUT2D eigenvalue weighted by Gasteiger charge is 2.14. The molecule has 0 aliphatic heterocycles. The number of ether oxygens (including phenoxy) is 2. The molecule has 1 aromatic carbocycles. The number of nitrogens with two attached hydrogens (primary N) is 1. The molecule has 1 atom stereocenters. The van der Waals surface area contributed by atoms with Gasteiger partial charge in [0.25, 0.3) is 0 Å². The van der Waals surface area contributed by atoms with Gasteiger partial charge in [-0.05, 0) is 12.1 Å². The molecule has 0 fully saturated rings. The van der Waals surface area contributed by atoms with Crippen molar-refractivity contribution in [1.82, 2.24) is 9.78 Å². The van der Waals surface area contributed by atoms with Gasteiger partial charge in [0.05, 0.1) is 24.9 Å². The molecule has 6 nitrogen and oxygen atoms in total. The second-order valence-corrected chi connectivity index (χ2v) is 4.30. The summed E-state index contributed by atoms with van der Waals surface area (Å²) in [7, 11) is 3.37. The van der Waals surface area contributed by atoms with E-state index in [4.69, 9.17) is 20.5 Å². The molecule has 1 unspecified atom stereocenters. The van der Waals surface area contributed by atoms with Gasteiger partial charge in [0.2, 0.25) is 0 Å². The van der Waals surface area contributed by atoms with E-state index >= 15 is 0 Å². The summed E-state index contributed by atoms with van der Waals surface area (Å²) in [6.07, 6.45) is 3.24. The Balaban J connectivity index is 2.25. The van der Waals surface area contributed by atoms with Gasteiger partial charge in [-0.2, -0.15) is 10.4 Å². The first-order valence-electron chi connectivity index (χ1n) is 6.10. The van der Waals surface area contributed by atoms with Crippen molar-refractivity contribution in [1.29, 1.82) is 5.26 Å². The predicted molar refractivity (Wildman–Crippen MR) is 73.3 cm³/mol. The first-order chi connectivity index (χ1) is 9.66. The molecule has 1 aromatic heterocycles. The van der Waals surface area contributed by atoms with Gasteiger partial charge < -0.3 is 15.2 Å². The lowest BCUT2D eigenvalue weighted by Gasteiger charge is -2.16. The Labute approximate surface area is 117 Å². The average molecular weight is 272 g/mol. The van der Waals surface area contributed by atoms with Crippen molar-refractivity contribution in [2.75, 3.05) is 13.7 Å². The van der Waals surface area contributed by atoms with Crippen LogP contribution in [0.2, 0.25) is 0 Å². The van der Waals surface area contributed by atoms with Crippen LogP contribution < -0.4 is 15.2 Å². The molecule has 0 amide bonds. The van der Waals surface area contributed by atoms with Gasteiger partial charge in [-0.1, -0.05) is 0 Å². The predicted octanol–water partition coefficient (Wildman–Crippen LogP) is 1.38. The number of hydrogen-bond donors (Lipinski definition) is 1. The fraction of sp³-hybridized carbons (Fsp3) is 0.286. The van der Waals surface area contributed by atoms with Gasteiger partial charge in [0.1, 0.15) is 17.6 Å². The van der Waals surface area contributed by atoms with Crippen LogP contribution in [0.4, 0.5) is 0 Å². The number of aryl methyl sites for hydroxylation is 1. The Hall–Kier alpha value is -2.52. The molecule has 0 spiro atoms. The van der Waals surface area contributed by atoms with Crippen LogP contribution in [0.3, 0.4) is 0 Å². The topological polar surface area (TPSA) is 86.1 Å². The Kier molecular flexibility index (Phi) is 4.23. The van der Waals surface area contributed by atoms with E-state index in [2.05, 4.69) is 11.2 Å². The second-order valence-electron chi connectivity index (χ2n) is 4.30. The molecular weight excluding hydrogens is 256 g/mol. The fourth-order valence-electron chi connectivity index (χ4n) is 1.85. The van der Waals surface area contributed by atoms with Crippen molar-refractivity contribution in [2.24, 2.45) is 12.8 Å². The zero-order valence-corrected chi connectivity index (χ0v) is 11.4. The maximum Gasteiger partial charge on any atom is 0.139 e. The zero-order valence-electron chi connectivity index (χ0n) is 11.4. The van der Waals surface area contributed by atoms with E-state index in [-0.39, 0.29) is 6.10 Å². The molecular formula is C14H16N4O2. The minimum Gasteiger partial charge on any atom is -0.497 e. The second kappa shape index (κ2) is 6.08. The molecule has 2 aromatic rings. The maximum absolute atomic E-state index is 8.99. The summed E-state index contributed by atoms with van der Waals surface area (Å²) >= 11 is 0. The minimum absolute atomic E-state index is 0.310. The molecule has 6 heteroatoms. The van der Waals surface area contributed by atoms with E-state index in [1.54, 1.807) is 36.2 Å². The molecule has 0 saturated carbocycles. The first kappa shape index (κ1) is 13.9. The summed E-state index contributed by atoms with van der Waals surface area (Å²) in [6, 6.07) is 7.09. The first-order valence-corrected chi connectivity index (χ1v) is 6.10. The van der Waals surface area contributed by atoms with Gasteiger partial charge in [0.15, 0.2) is 0 Å². The Morgan fingerprint density at radius 3 is 2.70 bits per heavy atom. The highest BCUT2D eigenvalue weighted by atomic mass is 16.5. The molecule has 0 saturated heterocycles. The number of methoxy groups -OCH3 is 1. The molecule has 0 bridgehead atoms. The van der Waals surface area contributed by atoms with E-state index in [9.17, 15) is 0 Å². The zero-order chi connectivity index (χ0) is 14.5. The summed E-state index contributed by atoms with van der Waals surface area (Å²) in [5.74, 6) is 1.11. The standard InChI is InChI=1S/C14H16N4O2/c1-18-9-11(8-17-18)14(7-16)20-13-4-10(6-15)3-12(5-13)19-2/h3-5,8-9,14H,7,16H2,1-2H3. The van der Waals surface area contributed by atoms with Crippen molar-refractivity contribution in [3.05, 3.63) is 41.7 Å². The van der Waals surface area contributed by atoms with Crippen LogP contribution in [0.15, 0.2) is 30.6 Å². The largest absolute Gasteiger partial charge is 0.497 e. The Bertz CT molecular complexity index is 630. The summed E-state index contributed by atoms with van der Waals surface area (Å²) in [4.78, 5) is 0. The van der Waals surface area contributed by atoms with E-state index < -0.39 is 0 Å². The fourth-order valence-corrected chi connectivity index (χ4v) is 1.85. The van der Waals surface area contributed by atoms with Gasteiger partial charge in [-0.15, -0.1) is 0 Å². The monoisotopic (exact) mass is 272 g/mol. The highest BCUT2D eigenvalue weighted by molar-refractivity contribution is 5.44. The lowest BCUT2D eigenvalue weighted by molar-refractivity contribution is 0.213. The SMILES string of the molecule is COc1cc(C#N)cc(OC(CN)c2cnn(C)c2)c1. The molecule has 2 N–H and O–H groups in total. The van der Waals surface area contributed by atoms with Gasteiger partial charge in [0, 0.05) is 31.4 Å². The van der Waals surface area contributed by atoms with E-state index in [0.29, 0.717) is 23.6 Å². The quantitative estimate of drug-likeness (QED) is 0.888. The number of nitrogens with zero attached hydrogens (tertiary/aromatic N) is 3. The van der Waals surface area contributed by atoms with Crippen LogP contribution in [0.5, 0.6) is 11.5 Å². The number of benzene rings is 1. The summed E-state index contributed by atoms with van der Waals surface area (Å²) in [5.41, 5.74) is 7.10. The van der Waals surface area contributed by atoms with Crippen LogP contribution in [0.25, 0.3) is 0 Å². The number of rotatable bonds is 5. The lowest BCUT2D eigenvalue weighted by atomic mass is 10.2. The number of nitriles is 1.